The Morgan fingerprint density at radius 3 is 2.48 bits per heavy atom. The molecular weight excluding hydrogens is 335 g/mol. The number of carbonyl (C=O) groups is 1. The summed E-state index contributed by atoms with van der Waals surface area (Å²) in [5.74, 6) is 0.603. The first kappa shape index (κ1) is 17.4. The van der Waals surface area contributed by atoms with E-state index in [1.807, 2.05) is 31.2 Å². The van der Waals surface area contributed by atoms with Crippen LogP contribution in [-0.2, 0) is 4.79 Å². The van der Waals surface area contributed by atoms with Crippen LogP contribution < -0.4 is 15.4 Å². The van der Waals surface area contributed by atoms with Gasteiger partial charge >= 0.3 is 0 Å². The van der Waals surface area contributed by atoms with Gasteiger partial charge in [-0.05, 0) is 56.3 Å². The molecule has 1 atom stereocenters. The molecule has 0 aromatic heterocycles. The minimum Gasteiger partial charge on any atom is -0.494 e. The summed E-state index contributed by atoms with van der Waals surface area (Å²) >= 11 is 11.9. The monoisotopic (exact) mass is 352 g/mol. The van der Waals surface area contributed by atoms with Crippen LogP contribution in [0.25, 0.3) is 0 Å². The number of hydrogen-bond donors (Lipinski definition) is 2. The molecule has 0 fully saturated rings. The summed E-state index contributed by atoms with van der Waals surface area (Å²) in [5.41, 5.74) is 1.36. The van der Waals surface area contributed by atoms with Crippen LogP contribution in [0.3, 0.4) is 0 Å². The summed E-state index contributed by atoms with van der Waals surface area (Å²) in [6, 6.07) is 11.9. The lowest BCUT2D eigenvalue weighted by molar-refractivity contribution is -0.116. The molecule has 0 aliphatic carbocycles. The molecule has 0 bridgehead atoms. The highest BCUT2D eigenvalue weighted by atomic mass is 35.5. The molecule has 0 spiro atoms. The Hall–Kier alpha value is -1.91. The van der Waals surface area contributed by atoms with Gasteiger partial charge in [0.2, 0.25) is 5.91 Å². The number of carbonyl (C=O) groups excluding carboxylic acids is 1. The van der Waals surface area contributed by atoms with E-state index in [1.54, 1.807) is 25.1 Å². The maximum atomic E-state index is 12.2. The van der Waals surface area contributed by atoms with Crippen molar-refractivity contribution in [2.24, 2.45) is 0 Å². The molecule has 4 nitrogen and oxygen atoms in total. The highest BCUT2D eigenvalue weighted by molar-refractivity contribution is 6.36. The fourth-order valence-corrected chi connectivity index (χ4v) is 2.42. The van der Waals surface area contributed by atoms with Gasteiger partial charge in [-0.15, -0.1) is 0 Å². The van der Waals surface area contributed by atoms with E-state index in [4.69, 9.17) is 27.9 Å². The first-order valence-corrected chi connectivity index (χ1v) is 8.00. The van der Waals surface area contributed by atoms with Crippen molar-refractivity contribution in [1.82, 2.24) is 0 Å². The molecular formula is C17H18Cl2N2O2. The zero-order valence-electron chi connectivity index (χ0n) is 12.9. The van der Waals surface area contributed by atoms with Crippen LogP contribution in [0.4, 0.5) is 11.4 Å². The molecule has 0 radical (unpaired) electrons. The minimum atomic E-state index is -0.431. The Balaban J connectivity index is 1.96. The number of nitrogens with one attached hydrogen (secondary N) is 2. The third kappa shape index (κ3) is 5.05. The van der Waals surface area contributed by atoms with E-state index in [2.05, 4.69) is 10.6 Å². The largest absolute Gasteiger partial charge is 0.494 e. The maximum Gasteiger partial charge on any atom is 0.246 e. The average molecular weight is 353 g/mol. The molecule has 0 aliphatic heterocycles. The van der Waals surface area contributed by atoms with E-state index in [1.165, 1.54) is 0 Å². The normalized spacial score (nSPS) is 11.7. The summed E-state index contributed by atoms with van der Waals surface area (Å²) < 4.78 is 5.38. The smallest absolute Gasteiger partial charge is 0.246 e. The van der Waals surface area contributed by atoms with Crippen LogP contribution in [-0.4, -0.2) is 18.6 Å². The summed E-state index contributed by atoms with van der Waals surface area (Å²) in [5, 5.41) is 6.82. The third-order valence-electron chi connectivity index (χ3n) is 3.13. The number of amides is 1. The lowest BCUT2D eigenvalue weighted by Gasteiger charge is -2.16. The van der Waals surface area contributed by atoms with Gasteiger partial charge < -0.3 is 15.4 Å². The molecule has 2 rings (SSSR count). The van der Waals surface area contributed by atoms with Crippen molar-refractivity contribution in [3.05, 3.63) is 52.5 Å². The number of ether oxygens (including phenoxy) is 1. The number of hydrogen-bond acceptors (Lipinski definition) is 3. The van der Waals surface area contributed by atoms with Crippen molar-refractivity contribution >= 4 is 40.5 Å². The van der Waals surface area contributed by atoms with Gasteiger partial charge in [-0.3, -0.25) is 4.79 Å². The van der Waals surface area contributed by atoms with Crippen molar-refractivity contribution in [2.45, 2.75) is 19.9 Å². The van der Waals surface area contributed by atoms with Gasteiger partial charge in [0.05, 0.1) is 17.3 Å². The van der Waals surface area contributed by atoms with E-state index in [9.17, 15) is 4.79 Å². The molecule has 2 aromatic rings. The van der Waals surface area contributed by atoms with E-state index in [0.717, 1.165) is 11.4 Å². The fourth-order valence-electron chi connectivity index (χ4n) is 1.96. The number of rotatable bonds is 6. The van der Waals surface area contributed by atoms with Gasteiger partial charge in [-0.2, -0.15) is 0 Å². The molecule has 0 saturated heterocycles. The van der Waals surface area contributed by atoms with Gasteiger partial charge in [-0.1, -0.05) is 23.2 Å². The highest BCUT2D eigenvalue weighted by Crippen LogP contribution is 2.25. The molecule has 2 aromatic carbocycles. The van der Waals surface area contributed by atoms with Crippen LogP contribution in [0.1, 0.15) is 13.8 Å². The maximum absolute atomic E-state index is 12.2. The lowest BCUT2D eigenvalue weighted by Crippen LogP contribution is -2.31. The first-order valence-electron chi connectivity index (χ1n) is 7.25. The second-order valence-electron chi connectivity index (χ2n) is 4.94. The zero-order chi connectivity index (χ0) is 16.8. The Morgan fingerprint density at radius 1 is 1.17 bits per heavy atom. The third-order valence-corrected chi connectivity index (χ3v) is 3.68. The van der Waals surface area contributed by atoms with Crippen molar-refractivity contribution < 1.29 is 9.53 Å². The molecule has 1 amide bonds. The summed E-state index contributed by atoms with van der Waals surface area (Å²) in [7, 11) is 0. The number of anilines is 2. The summed E-state index contributed by atoms with van der Waals surface area (Å²) in [4.78, 5) is 12.2. The van der Waals surface area contributed by atoms with Crippen LogP contribution in [0.15, 0.2) is 42.5 Å². The SMILES string of the molecule is CCOc1ccc(N[C@H](C)C(=O)Nc2ccc(Cl)cc2Cl)cc1. The number of benzene rings is 2. The fraction of sp³-hybridized carbons (Fsp3) is 0.235. The molecule has 122 valence electrons. The predicted molar refractivity (Wildman–Crippen MR) is 95.8 cm³/mol. The van der Waals surface area contributed by atoms with Crippen LogP contribution in [0, 0.1) is 0 Å². The van der Waals surface area contributed by atoms with E-state index in [0.29, 0.717) is 22.3 Å². The van der Waals surface area contributed by atoms with Gasteiger partial charge in [0.15, 0.2) is 0 Å². The molecule has 23 heavy (non-hydrogen) atoms. The molecule has 0 unspecified atom stereocenters. The van der Waals surface area contributed by atoms with Gasteiger partial charge in [-0.25, -0.2) is 0 Å². The van der Waals surface area contributed by atoms with Gasteiger partial charge in [0, 0.05) is 10.7 Å². The van der Waals surface area contributed by atoms with Crippen LogP contribution in [0.2, 0.25) is 10.0 Å². The standard InChI is InChI=1S/C17H18Cl2N2O2/c1-3-23-14-7-5-13(6-8-14)20-11(2)17(22)21-16-9-4-12(18)10-15(16)19/h4-11,20H,3H2,1-2H3,(H,21,22)/t11-/m1/s1. The quantitative estimate of drug-likeness (QED) is 0.782. The molecule has 6 heteroatoms. The Labute approximate surface area is 145 Å². The summed E-state index contributed by atoms with van der Waals surface area (Å²) in [6.07, 6.45) is 0. The van der Waals surface area contributed by atoms with E-state index < -0.39 is 6.04 Å². The molecule has 0 saturated carbocycles. The summed E-state index contributed by atoms with van der Waals surface area (Å²) in [6.45, 7) is 4.32. The Bertz CT molecular complexity index is 675. The van der Waals surface area contributed by atoms with Crippen LogP contribution in [0.5, 0.6) is 5.75 Å². The van der Waals surface area contributed by atoms with Gasteiger partial charge in [0.1, 0.15) is 11.8 Å². The first-order chi connectivity index (χ1) is 11.0. The van der Waals surface area contributed by atoms with E-state index >= 15 is 0 Å². The van der Waals surface area contributed by atoms with Gasteiger partial charge in [0.25, 0.3) is 0 Å². The highest BCUT2D eigenvalue weighted by Gasteiger charge is 2.14. The minimum absolute atomic E-state index is 0.192. The Morgan fingerprint density at radius 2 is 1.87 bits per heavy atom. The molecule has 2 N–H and O–H groups in total. The zero-order valence-corrected chi connectivity index (χ0v) is 14.4. The number of halogens is 2. The van der Waals surface area contributed by atoms with E-state index in [-0.39, 0.29) is 5.91 Å². The van der Waals surface area contributed by atoms with Crippen LogP contribution >= 0.6 is 23.2 Å². The topological polar surface area (TPSA) is 50.4 Å². The van der Waals surface area contributed by atoms with Crippen molar-refractivity contribution in [3.8, 4) is 5.75 Å². The molecule has 0 aliphatic rings. The second-order valence-corrected chi connectivity index (χ2v) is 5.78. The van der Waals surface area contributed by atoms with Crippen molar-refractivity contribution in [1.29, 1.82) is 0 Å². The second kappa shape index (κ2) is 8.09. The van der Waals surface area contributed by atoms with Crippen molar-refractivity contribution in [3.63, 3.8) is 0 Å². The predicted octanol–water partition coefficient (Wildman–Crippen LogP) is 4.83. The van der Waals surface area contributed by atoms with Crippen molar-refractivity contribution in [2.75, 3.05) is 17.2 Å². The Kier molecular flexibility index (Phi) is 6.13. The average Bonchev–Trinajstić information content (AvgIpc) is 2.52. The lowest BCUT2D eigenvalue weighted by atomic mass is 10.2. The molecule has 0 heterocycles.